The van der Waals surface area contributed by atoms with Crippen LogP contribution in [0.25, 0.3) is 0 Å². The maximum atomic E-state index is 13.4. The summed E-state index contributed by atoms with van der Waals surface area (Å²) >= 11 is 9.96. The molecule has 2 N–H and O–H groups in total. The zero-order valence-electron chi connectivity index (χ0n) is 16.4. The summed E-state index contributed by atoms with van der Waals surface area (Å²) < 4.78 is 6.51. The van der Waals surface area contributed by atoms with Gasteiger partial charge >= 0.3 is 0 Å². The van der Waals surface area contributed by atoms with Crippen LogP contribution in [0.2, 0.25) is 5.02 Å². The fraction of sp³-hybridized carbons (Fsp3) is 0.364. The van der Waals surface area contributed by atoms with Crippen LogP contribution < -0.4 is 15.5 Å². The number of amides is 2. The van der Waals surface area contributed by atoms with E-state index in [1.165, 1.54) is 0 Å². The molecule has 2 amide bonds. The second kappa shape index (κ2) is 8.96. The number of carbonyl (C=O) groups excluding carboxylic acids is 2. The highest BCUT2D eigenvalue weighted by Crippen LogP contribution is 2.37. The summed E-state index contributed by atoms with van der Waals surface area (Å²) in [4.78, 5) is 27.0. The van der Waals surface area contributed by atoms with Gasteiger partial charge in [0, 0.05) is 36.5 Å². The largest absolute Gasteiger partial charge is 0.381 e. The number of benzene rings is 2. The van der Waals surface area contributed by atoms with E-state index in [2.05, 4.69) is 26.6 Å². The van der Waals surface area contributed by atoms with Crippen molar-refractivity contribution in [2.24, 2.45) is 0 Å². The van der Waals surface area contributed by atoms with Gasteiger partial charge in [0.05, 0.1) is 22.7 Å². The standard InChI is InChI=1S/C22H23BrClN3O3/c23-16-3-1-15(2-4-16)22(7-11-30-12-8-22)21(29)26-17-5-6-19(18(24)13-17)27-10-9-25-20(28)14-27/h1-6,13H,7-12,14H2,(H,25,28)(H,26,29). The lowest BCUT2D eigenvalue weighted by Crippen LogP contribution is -2.47. The minimum Gasteiger partial charge on any atom is -0.381 e. The van der Waals surface area contributed by atoms with Crippen molar-refractivity contribution in [3.63, 3.8) is 0 Å². The van der Waals surface area contributed by atoms with E-state index in [1.807, 2.05) is 41.3 Å². The SMILES string of the molecule is O=C1CN(c2ccc(NC(=O)C3(c4ccc(Br)cc4)CCOCC3)cc2Cl)CCN1. The highest BCUT2D eigenvalue weighted by atomic mass is 79.9. The van der Waals surface area contributed by atoms with Crippen LogP contribution in [-0.2, 0) is 19.7 Å². The second-order valence-corrected chi connectivity index (χ2v) is 8.92. The van der Waals surface area contributed by atoms with Gasteiger partial charge in [-0.25, -0.2) is 0 Å². The molecule has 30 heavy (non-hydrogen) atoms. The number of rotatable bonds is 4. The predicted octanol–water partition coefficient (Wildman–Crippen LogP) is 3.73. The number of ether oxygens (including phenoxy) is 1. The highest BCUT2D eigenvalue weighted by molar-refractivity contribution is 9.10. The van der Waals surface area contributed by atoms with E-state index < -0.39 is 5.41 Å². The van der Waals surface area contributed by atoms with Gasteiger partial charge < -0.3 is 20.3 Å². The summed E-state index contributed by atoms with van der Waals surface area (Å²) in [6.45, 7) is 2.65. The molecule has 4 rings (SSSR count). The topological polar surface area (TPSA) is 70.7 Å². The summed E-state index contributed by atoms with van der Waals surface area (Å²) in [5.74, 6) is -0.0834. The fourth-order valence-corrected chi connectivity index (χ4v) is 4.64. The maximum Gasteiger partial charge on any atom is 0.239 e. The Labute approximate surface area is 189 Å². The molecular weight excluding hydrogens is 470 g/mol. The van der Waals surface area contributed by atoms with E-state index in [4.69, 9.17) is 16.3 Å². The summed E-state index contributed by atoms with van der Waals surface area (Å²) in [5.41, 5.74) is 1.76. The third-order valence-corrected chi connectivity index (χ3v) is 6.59. The Balaban J connectivity index is 1.56. The Morgan fingerprint density at radius 1 is 1.17 bits per heavy atom. The van der Waals surface area contributed by atoms with E-state index in [1.54, 1.807) is 6.07 Å². The van der Waals surface area contributed by atoms with Gasteiger partial charge in [0.15, 0.2) is 0 Å². The van der Waals surface area contributed by atoms with Crippen LogP contribution in [0.1, 0.15) is 18.4 Å². The average Bonchev–Trinajstić information content (AvgIpc) is 2.75. The Bertz CT molecular complexity index is 945. The Morgan fingerprint density at radius 3 is 2.57 bits per heavy atom. The fourth-order valence-electron chi connectivity index (χ4n) is 4.07. The molecule has 158 valence electrons. The van der Waals surface area contributed by atoms with Crippen molar-refractivity contribution in [2.75, 3.05) is 43.1 Å². The van der Waals surface area contributed by atoms with Crippen LogP contribution in [0.15, 0.2) is 46.9 Å². The number of hydrogen-bond acceptors (Lipinski definition) is 4. The number of nitrogens with zero attached hydrogens (tertiary/aromatic N) is 1. The van der Waals surface area contributed by atoms with Gasteiger partial charge in [-0.2, -0.15) is 0 Å². The monoisotopic (exact) mass is 491 g/mol. The van der Waals surface area contributed by atoms with E-state index in [0.29, 0.717) is 49.9 Å². The van der Waals surface area contributed by atoms with Crippen LogP contribution in [0.4, 0.5) is 11.4 Å². The average molecular weight is 493 g/mol. The molecule has 0 aromatic heterocycles. The highest BCUT2D eigenvalue weighted by Gasteiger charge is 2.41. The number of nitrogens with one attached hydrogen (secondary N) is 2. The Hall–Kier alpha value is -2.09. The van der Waals surface area contributed by atoms with Crippen molar-refractivity contribution in [1.82, 2.24) is 5.32 Å². The molecule has 8 heteroatoms. The molecule has 2 fully saturated rings. The molecule has 0 unspecified atom stereocenters. The number of piperazine rings is 1. The minimum atomic E-state index is -0.644. The molecule has 0 atom stereocenters. The van der Waals surface area contributed by atoms with E-state index in [0.717, 1.165) is 15.7 Å². The van der Waals surface area contributed by atoms with Crippen LogP contribution >= 0.6 is 27.5 Å². The normalized spacial score (nSPS) is 18.6. The quantitative estimate of drug-likeness (QED) is 0.682. The zero-order chi connectivity index (χ0) is 21.1. The molecule has 0 spiro atoms. The number of halogens is 2. The third-order valence-electron chi connectivity index (χ3n) is 5.76. The van der Waals surface area contributed by atoms with Crippen molar-refractivity contribution < 1.29 is 14.3 Å². The van der Waals surface area contributed by atoms with Gasteiger partial charge in [-0.3, -0.25) is 9.59 Å². The van der Waals surface area contributed by atoms with Gasteiger partial charge in [0.2, 0.25) is 11.8 Å². The number of hydrogen-bond donors (Lipinski definition) is 2. The summed E-state index contributed by atoms with van der Waals surface area (Å²) in [6, 6.07) is 13.3. The molecule has 0 bridgehead atoms. The first kappa shape index (κ1) is 21.2. The van der Waals surface area contributed by atoms with Gasteiger partial charge in [-0.1, -0.05) is 39.7 Å². The van der Waals surface area contributed by atoms with Crippen LogP contribution in [0.3, 0.4) is 0 Å². The number of anilines is 2. The second-order valence-electron chi connectivity index (χ2n) is 7.59. The summed E-state index contributed by atoms with van der Waals surface area (Å²) in [7, 11) is 0. The molecule has 6 nitrogen and oxygen atoms in total. The van der Waals surface area contributed by atoms with Crippen LogP contribution in [0.5, 0.6) is 0 Å². The molecule has 0 saturated carbocycles. The van der Waals surface area contributed by atoms with Crippen molar-refractivity contribution in [3.8, 4) is 0 Å². The number of carbonyl (C=O) groups is 2. The lowest BCUT2D eigenvalue weighted by atomic mass is 9.73. The molecule has 2 aromatic rings. The van der Waals surface area contributed by atoms with Gasteiger partial charge in [0.1, 0.15) is 0 Å². The first-order chi connectivity index (χ1) is 14.5. The van der Waals surface area contributed by atoms with Crippen molar-refractivity contribution >= 4 is 50.7 Å². The third kappa shape index (κ3) is 4.33. The lowest BCUT2D eigenvalue weighted by molar-refractivity contribution is -0.125. The van der Waals surface area contributed by atoms with E-state index in [9.17, 15) is 9.59 Å². The van der Waals surface area contributed by atoms with Crippen molar-refractivity contribution in [3.05, 3.63) is 57.5 Å². The van der Waals surface area contributed by atoms with Gasteiger partial charge in [0.25, 0.3) is 0 Å². The first-order valence-corrected chi connectivity index (χ1v) is 11.1. The predicted molar refractivity (Wildman–Crippen MR) is 121 cm³/mol. The molecule has 2 aliphatic rings. The Morgan fingerprint density at radius 2 is 1.90 bits per heavy atom. The summed E-state index contributed by atoms with van der Waals surface area (Å²) in [5, 5.41) is 6.37. The maximum absolute atomic E-state index is 13.4. The van der Waals surface area contributed by atoms with Gasteiger partial charge in [-0.15, -0.1) is 0 Å². The molecule has 0 aliphatic carbocycles. The molecular formula is C22H23BrClN3O3. The molecule has 2 aromatic carbocycles. The molecule has 0 radical (unpaired) electrons. The lowest BCUT2D eigenvalue weighted by Gasteiger charge is -2.36. The van der Waals surface area contributed by atoms with Crippen molar-refractivity contribution in [1.29, 1.82) is 0 Å². The first-order valence-electron chi connectivity index (χ1n) is 9.94. The van der Waals surface area contributed by atoms with E-state index >= 15 is 0 Å². The Kier molecular flexibility index (Phi) is 6.32. The van der Waals surface area contributed by atoms with Crippen LogP contribution in [0, 0.1) is 0 Å². The minimum absolute atomic E-state index is 0.0225. The molecule has 2 aliphatic heterocycles. The van der Waals surface area contributed by atoms with Gasteiger partial charge in [-0.05, 0) is 48.7 Å². The molecule has 2 heterocycles. The summed E-state index contributed by atoms with van der Waals surface area (Å²) in [6.07, 6.45) is 1.24. The molecule has 2 saturated heterocycles. The zero-order valence-corrected chi connectivity index (χ0v) is 18.8. The van der Waals surface area contributed by atoms with Crippen molar-refractivity contribution in [2.45, 2.75) is 18.3 Å². The van der Waals surface area contributed by atoms with E-state index in [-0.39, 0.29) is 18.4 Å². The van der Waals surface area contributed by atoms with Crippen LogP contribution in [-0.4, -0.2) is 44.7 Å². The smallest absolute Gasteiger partial charge is 0.239 e.